The third kappa shape index (κ3) is 4.28. The fourth-order valence-corrected chi connectivity index (χ4v) is 4.31. The van der Waals surface area contributed by atoms with Gasteiger partial charge in [-0.1, -0.05) is 0 Å². The summed E-state index contributed by atoms with van der Waals surface area (Å²) in [5.74, 6) is 0.148. The molecule has 2 N–H and O–H groups in total. The van der Waals surface area contributed by atoms with Crippen LogP contribution in [0.4, 0.5) is 0 Å². The van der Waals surface area contributed by atoms with Gasteiger partial charge >= 0.3 is 0 Å². The third-order valence-electron chi connectivity index (χ3n) is 4.82. The summed E-state index contributed by atoms with van der Waals surface area (Å²) in [4.78, 5) is 14.2. The lowest BCUT2D eigenvalue weighted by molar-refractivity contribution is -0.118. The van der Waals surface area contributed by atoms with Crippen LogP contribution in [0, 0.1) is 5.41 Å². The van der Waals surface area contributed by atoms with Crippen LogP contribution >= 0.6 is 0 Å². The van der Waals surface area contributed by atoms with E-state index in [9.17, 15) is 13.2 Å². The number of amides is 1. The van der Waals surface area contributed by atoms with Crippen LogP contribution in [-0.2, 0) is 19.6 Å². The maximum absolute atomic E-state index is 12.5. The Morgan fingerprint density at radius 1 is 1.40 bits per heavy atom. The summed E-state index contributed by atoms with van der Waals surface area (Å²) in [6.07, 6.45) is 6.75. The second kappa shape index (κ2) is 7.27. The Kier molecular flexibility index (Phi) is 5.26. The molecule has 25 heavy (non-hydrogen) atoms. The minimum atomic E-state index is -3.38. The summed E-state index contributed by atoms with van der Waals surface area (Å²) in [6, 6.07) is 0. The van der Waals surface area contributed by atoms with Gasteiger partial charge in [-0.25, -0.2) is 8.42 Å². The summed E-state index contributed by atoms with van der Waals surface area (Å²) >= 11 is 0. The second-order valence-electron chi connectivity index (χ2n) is 6.71. The number of fused-ring (bicyclic) bond motifs is 1. The van der Waals surface area contributed by atoms with Crippen LogP contribution < -0.4 is 10.6 Å². The van der Waals surface area contributed by atoms with Crippen LogP contribution in [0.1, 0.15) is 12.8 Å². The second-order valence-corrected chi connectivity index (χ2v) is 8.47. The Hall–Kier alpha value is -1.71. The molecule has 3 rings (SSSR count). The standard InChI is InChI=1S/C16H24N4O4S/c1-24-12-16(4-6-17-7-5-16)11-18-15(21)13-2-3-14-19-25(22,23)9-8-20(14)10-13/h2-3,10,17H,4-9,11-12H2,1H3,(H,18,21). The molecule has 0 atom stereocenters. The SMILES string of the molecule is COCC1(CNC(=O)C2=CN3CCS(=O)(=O)N=C3C=C2)CCNCC1. The number of carbonyl (C=O) groups is 1. The van der Waals surface area contributed by atoms with Crippen molar-refractivity contribution in [2.45, 2.75) is 12.8 Å². The van der Waals surface area contributed by atoms with E-state index < -0.39 is 10.0 Å². The van der Waals surface area contributed by atoms with Gasteiger partial charge < -0.3 is 20.3 Å². The van der Waals surface area contributed by atoms with E-state index in [1.165, 1.54) is 0 Å². The molecule has 3 aliphatic rings. The molecule has 8 nitrogen and oxygen atoms in total. The molecular formula is C16H24N4O4S. The highest BCUT2D eigenvalue weighted by Gasteiger charge is 2.33. The zero-order valence-corrected chi connectivity index (χ0v) is 15.1. The molecular weight excluding hydrogens is 344 g/mol. The largest absolute Gasteiger partial charge is 0.384 e. The van der Waals surface area contributed by atoms with Gasteiger partial charge in [-0.05, 0) is 38.1 Å². The van der Waals surface area contributed by atoms with E-state index in [1.807, 2.05) is 0 Å². The Morgan fingerprint density at radius 3 is 2.88 bits per heavy atom. The molecule has 9 heteroatoms. The van der Waals surface area contributed by atoms with Crippen molar-refractivity contribution in [3.05, 3.63) is 23.9 Å². The first-order valence-corrected chi connectivity index (χ1v) is 10.0. The molecule has 3 aliphatic heterocycles. The van der Waals surface area contributed by atoms with E-state index in [1.54, 1.807) is 30.4 Å². The molecule has 0 radical (unpaired) electrons. The van der Waals surface area contributed by atoms with Gasteiger partial charge in [-0.2, -0.15) is 0 Å². The van der Waals surface area contributed by atoms with Crippen LogP contribution in [0.15, 0.2) is 28.3 Å². The van der Waals surface area contributed by atoms with Crippen LogP contribution in [0.2, 0.25) is 0 Å². The monoisotopic (exact) mass is 368 g/mol. The van der Waals surface area contributed by atoms with Crippen LogP contribution in [0.25, 0.3) is 0 Å². The number of nitrogens with zero attached hydrogens (tertiary/aromatic N) is 2. The molecule has 3 heterocycles. The molecule has 1 saturated heterocycles. The van der Waals surface area contributed by atoms with Gasteiger partial charge in [0.1, 0.15) is 5.84 Å². The first-order chi connectivity index (χ1) is 11.9. The number of methoxy groups -OCH3 is 1. The Balaban J connectivity index is 1.64. The average molecular weight is 368 g/mol. The lowest BCUT2D eigenvalue weighted by Crippen LogP contribution is -2.47. The lowest BCUT2D eigenvalue weighted by Gasteiger charge is -2.37. The summed E-state index contributed by atoms with van der Waals surface area (Å²) in [5, 5.41) is 6.34. The summed E-state index contributed by atoms with van der Waals surface area (Å²) < 4.78 is 32.1. The predicted octanol–water partition coefficient (Wildman–Crippen LogP) is -0.384. The van der Waals surface area contributed by atoms with E-state index in [2.05, 4.69) is 15.0 Å². The number of ether oxygens (including phenoxy) is 1. The van der Waals surface area contributed by atoms with Crippen molar-refractivity contribution in [2.75, 3.05) is 45.6 Å². The third-order valence-corrected chi connectivity index (χ3v) is 5.99. The van der Waals surface area contributed by atoms with Gasteiger partial charge in [0, 0.05) is 31.8 Å². The highest BCUT2D eigenvalue weighted by atomic mass is 32.2. The molecule has 0 spiro atoms. The molecule has 0 bridgehead atoms. The van der Waals surface area contributed by atoms with Crippen molar-refractivity contribution in [3.63, 3.8) is 0 Å². The minimum absolute atomic E-state index is 0.0412. The number of piperidine rings is 1. The van der Waals surface area contributed by atoms with Crippen molar-refractivity contribution >= 4 is 21.8 Å². The number of rotatable bonds is 5. The van der Waals surface area contributed by atoms with E-state index in [4.69, 9.17) is 4.74 Å². The van der Waals surface area contributed by atoms with Gasteiger partial charge in [-0.15, -0.1) is 4.40 Å². The quantitative estimate of drug-likeness (QED) is 0.686. The smallest absolute Gasteiger partial charge is 0.256 e. The van der Waals surface area contributed by atoms with Crippen LogP contribution in [0.3, 0.4) is 0 Å². The van der Waals surface area contributed by atoms with Crippen molar-refractivity contribution in [3.8, 4) is 0 Å². The van der Waals surface area contributed by atoms with Gasteiger partial charge in [0.15, 0.2) is 0 Å². The van der Waals surface area contributed by atoms with Crippen LogP contribution in [0.5, 0.6) is 0 Å². The minimum Gasteiger partial charge on any atom is -0.384 e. The number of sulfonamides is 1. The Morgan fingerprint density at radius 2 is 2.16 bits per heavy atom. The highest BCUT2D eigenvalue weighted by molar-refractivity contribution is 7.90. The number of hydrogen-bond acceptors (Lipinski definition) is 6. The van der Waals surface area contributed by atoms with Crippen LogP contribution in [-0.4, -0.2) is 70.7 Å². The van der Waals surface area contributed by atoms with Crippen molar-refractivity contribution in [1.29, 1.82) is 0 Å². The molecule has 0 aliphatic carbocycles. The zero-order valence-electron chi connectivity index (χ0n) is 14.3. The summed E-state index contributed by atoms with van der Waals surface area (Å²) in [5.41, 5.74) is 0.459. The molecule has 1 fully saturated rings. The predicted molar refractivity (Wildman–Crippen MR) is 94.6 cm³/mol. The Labute approximate surface area is 148 Å². The molecule has 0 aromatic heterocycles. The number of amidine groups is 1. The maximum Gasteiger partial charge on any atom is 0.256 e. The summed E-state index contributed by atoms with van der Waals surface area (Å²) in [7, 11) is -1.70. The molecule has 138 valence electrons. The highest BCUT2D eigenvalue weighted by Crippen LogP contribution is 2.28. The van der Waals surface area contributed by atoms with Crippen molar-refractivity contribution in [1.82, 2.24) is 15.5 Å². The molecule has 0 aromatic rings. The molecule has 0 aromatic carbocycles. The molecule has 0 saturated carbocycles. The van der Waals surface area contributed by atoms with Crippen molar-refractivity contribution in [2.24, 2.45) is 9.81 Å². The number of hydrogen-bond donors (Lipinski definition) is 2. The first-order valence-electron chi connectivity index (χ1n) is 8.40. The summed E-state index contributed by atoms with van der Waals surface area (Å²) in [6.45, 7) is 3.32. The van der Waals surface area contributed by atoms with E-state index >= 15 is 0 Å². The van der Waals surface area contributed by atoms with E-state index in [0.29, 0.717) is 31.1 Å². The van der Waals surface area contributed by atoms with E-state index in [0.717, 1.165) is 25.9 Å². The normalized spacial score (nSPS) is 24.1. The lowest BCUT2D eigenvalue weighted by atomic mass is 9.79. The fraction of sp³-hybridized carbons (Fsp3) is 0.625. The van der Waals surface area contributed by atoms with Gasteiger partial charge in [0.05, 0.1) is 17.9 Å². The van der Waals surface area contributed by atoms with Gasteiger partial charge in [0.25, 0.3) is 15.9 Å². The van der Waals surface area contributed by atoms with Crippen molar-refractivity contribution < 1.29 is 17.9 Å². The number of carbonyl (C=O) groups excluding carboxylic acids is 1. The fourth-order valence-electron chi connectivity index (χ4n) is 3.34. The Bertz CT molecular complexity index is 715. The molecule has 1 amide bonds. The van der Waals surface area contributed by atoms with Gasteiger partial charge in [-0.3, -0.25) is 4.79 Å². The average Bonchev–Trinajstić information content (AvgIpc) is 2.60. The molecule has 0 unspecified atom stereocenters. The maximum atomic E-state index is 12.5. The first kappa shape index (κ1) is 18.1. The zero-order chi connectivity index (χ0) is 17.9. The number of nitrogens with one attached hydrogen (secondary N) is 2. The van der Waals surface area contributed by atoms with E-state index in [-0.39, 0.29) is 17.1 Å². The topological polar surface area (TPSA) is 100 Å². The van der Waals surface area contributed by atoms with Gasteiger partial charge in [0.2, 0.25) is 0 Å².